The lowest BCUT2D eigenvalue weighted by Crippen LogP contribution is -2.41. The van der Waals surface area contributed by atoms with Crippen LogP contribution in [0, 0.1) is 0 Å². The molecule has 0 spiro atoms. The molecular formula is C19H16BrN3O3. The molecule has 3 rings (SSSR count). The highest BCUT2D eigenvalue weighted by Gasteiger charge is 2.10. The number of amides is 2. The zero-order chi connectivity index (χ0) is 18.4. The molecule has 2 amide bonds. The van der Waals surface area contributed by atoms with Crippen LogP contribution in [0.25, 0.3) is 0 Å². The third-order valence-electron chi connectivity index (χ3n) is 3.55. The Labute approximate surface area is 158 Å². The maximum Gasteiger partial charge on any atom is 0.286 e. The van der Waals surface area contributed by atoms with Crippen LogP contribution >= 0.6 is 15.9 Å². The molecule has 0 unspecified atom stereocenters. The molecule has 1 aromatic heterocycles. The molecule has 7 heteroatoms. The van der Waals surface area contributed by atoms with Gasteiger partial charge in [0.15, 0.2) is 0 Å². The maximum absolute atomic E-state index is 12.1. The summed E-state index contributed by atoms with van der Waals surface area (Å²) in [6, 6.07) is 18.1. The van der Waals surface area contributed by atoms with Gasteiger partial charge in [-0.3, -0.25) is 20.4 Å². The molecule has 0 bridgehead atoms. The third-order valence-corrected chi connectivity index (χ3v) is 4.00. The van der Waals surface area contributed by atoms with E-state index in [0.717, 1.165) is 10.0 Å². The van der Waals surface area contributed by atoms with E-state index in [2.05, 4.69) is 31.8 Å². The second-order valence-electron chi connectivity index (χ2n) is 5.44. The first-order valence-corrected chi connectivity index (χ1v) is 8.62. The molecule has 0 saturated heterocycles. The van der Waals surface area contributed by atoms with Gasteiger partial charge in [-0.15, -0.1) is 0 Å². The molecule has 132 valence electrons. The fourth-order valence-electron chi connectivity index (χ4n) is 2.20. The van der Waals surface area contributed by atoms with Gasteiger partial charge in [-0.1, -0.05) is 30.3 Å². The topological polar surface area (TPSA) is 83.2 Å². The number of rotatable bonds is 5. The van der Waals surface area contributed by atoms with Crippen LogP contribution in [0.5, 0.6) is 5.75 Å². The van der Waals surface area contributed by atoms with Crippen LogP contribution in [-0.4, -0.2) is 16.8 Å². The van der Waals surface area contributed by atoms with Crippen LogP contribution in [0.2, 0.25) is 0 Å². The molecule has 0 aliphatic carbocycles. The normalized spacial score (nSPS) is 10.2. The van der Waals surface area contributed by atoms with Gasteiger partial charge in [-0.25, -0.2) is 0 Å². The average molecular weight is 414 g/mol. The van der Waals surface area contributed by atoms with Crippen molar-refractivity contribution >= 4 is 27.7 Å². The summed E-state index contributed by atoms with van der Waals surface area (Å²) in [5.74, 6) is -0.198. The number of nitrogens with one attached hydrogen (secondary N) is 3. The van der Waals surface area contributed by atoms with E-state index < -0.39 is 11.8 Å². The Hall–Kier alpha value is -3.06. The molecule has 6 nitrogen and oxygen atoms in total. The Balaban J connectivity index is 1.51. The van der Waals surface area contributed by atoms with E-state index in [0.29, 0.717) is 23.6 Å². The van der Waals surface area contributed by atoms with Gasteiger partial charge in [0, 0.05) is 16.2 Å². The Morgan fingerprint density at radius 2 is 1.65 bits per heavy atom. The molecule has 2 aromatic carbocycles. The average Bonchev–Trinajstić information content (AvgIpc) is 3.12. The lowest BCUT2D eigenvalue weighted by molar-refractivity contribution is 0.0844. The number of aromatic nitrogens is 1. The number of ether oxygens (including phenoxy) is 1. The Kier molecular flexibility index (Phi) is 5.70. The summed E-state index contributed by atoms with van der Waals surface area (Å²) in [6.07, 6.45) is 1.63. The Morgan fingerprint density at radius 3 is 2.31 bits per heavy atom. The number of hydrogen-bond acceptors (Lipinski definition) is 3. The van der Waals surface area contributed by atoms with Crippen LogP contribution in [0.3, 0.4) is 0 Å². The monoisotopic (exact) mass is 413 g/mol. The van der Waals surface area contributed by atoms with E-state index in [1.54, 1.807) is 36.5 Å². The van der Waals surface area contributed by atoms with Crippen LogP contribution < -0.4 is 15.6 Å². The lowest BCUT2D eigenvalue weighted by atomic mass is 10.2. The number of hydrogen-bond donors (Lipinski definition) is 3. The van der Waals surface area contributed by atoms with E-state index >= 15 is 0 Å². The Bertz CT molecular complexity index is 892. The standard InChI is InChI=1S/C19H16BrN3O3/c20-15-10-17(21-11-15)19(25)23-22-18(24)14-6-8-16(9-7-14)26-12-13-4-2-1-3-5-13/h1-11,21H,12H2,(H,22,24)(H,23,25). The molecule has 3 aromatic rings. The number of aromatic amines is 1. The molecule has 26 heavy (non-hydrogen) atoms. The van der Waals surface area contributed by atoms with Gasteiger partial charge in [0.05, 0.1) is 0 Å². The molecule has 1 heterocycles. The largest absolute Gasteiger partial charge is 0.489 e. The molecule has 0 aliphatic rings. The SMILES string of the molecule is O=C(NNC(=O)c1cc(Br)c[nH]1)c1ccc(OCc2ccccc2)cc1. The van der Waals surface area contributed by atoms with Gasteiger partial charge >= 0.3 is 0 Å². The second-order valence-corrected chi connectivity index (χ2v) is 6.35. The smallest absolute Gasteiger partial charge is 0.286 e. The van der Waals surface area contributed by atoms with E-state index in [4.69, 9.17) is 4.74 Å². The summed E-state index contributed by atoms with van der Waals surface area (Å²) in [5.41, 5.74) is 6.52. The van der Waals surface area contributed by atoms with E-state index in [-0.39, 0.29) is 0 Å². The molecule has 0 radical (unpaired) electrons. The first-order valence-electron chi connectivity index (χ1n) is 7.83. The lowest BCUT2D eigenvalue weighted by Gasteiger charge is -2.08. The summed E-state index contributed by atoms with van der Waals surface area (Å²) in [7, 11) is 0. The molecule has 0 fully saturated rings. The van der Waals surface area contributed by atoms with Crippen molar-refractivity contribution in [2.75, 3.05) is 0 Å². The summed E-state index contributed by atoms with van der Waals surface area (Å²) in [4.78, 5) is 26.7. The van der Waals surface area contributed by atoms with Gasteiger partial charge in [-0.2, -0.15) is 0 Å². The molecule has 0 atom stereocenters. The first kappa shape index (κ1) is 17.8. The maximum atomic E-state index is 12.1. The summed E-state index contributed by atoms with van der Waals surface area (Å²) < 4.78 is 6.43. The summed E-state index contributed by atoms with van der Waals surface area (Å²) in [5, 5.41) is 0. The predicted molar refractivity (Wildman–Crippen MR) is 101 cm³/mol. The third kappa shape index (κ3) is 4.73. The second kappa shape index (κ2) is 8.35. The van der Waals surface area contributed by atoms with Crippen molar-refractivity contribution < 1.29 is 14.3 Å². The fourth-order valence-corrected chi connectivity index (χ4v) is 2.54. The first-order chi connectivity index (χ1) is 12.6. The zero-order valence-electron chi connectivity index (χ0n) is 13.7. The van der Waals surface area contributed by atoms with Crippen molar-refractivity contribution in [1.29, 1.82) is 0 Å². The van der Waals surface area contributed by atoms with Gasteiger partial charge in [0.1, 0.15) is 18.1 Å². The highest BCUT2D eigenvalue weighted by atomic mass is 79.9. The quantitative estimate of drug-likeness (QED) is 0.560. The van der Waals surface area contributed by atoms with E-state index in [9.17, 15) is 9.59 Å². The van der Waals surface area contributed by atoms with Crippen molar-refractivity contribution in [2.45, 2.75) is 6.61 Å². The number of benzene rings is 2. The number of carbonyl (C=O) groups is 2. The van der Waals surface area contributed by atoms with Gasteiger partial charge in [0.25, 0.3) is 11.8 Å². The van der Waals surface area contributed by atoms with Crippen molar-refractivity contribution in [3.8, 4) is 5.75 Å². The van der Waals surface area contributed by atoms with Crippen molar-refractivity contribution in [3.63, 3.8) is 0 Å². The van der Waals surface area contributed by atoms with E-state index in [1.165, 1.54) is 0 Å². The molecular weight excluding hydrogens is 398 g/mol. The number of H-pyrrole nitrogens is 1. The van der Waals surface area contributed by atoms with Crippen molar-refractivity contribution in [2.24, 2.45) is 0 Å². The van der Waals surface area contributed by atoms with Crippen LogP contribution in [0.4, 0.5) is 0 Å². The molecule has 0 saturated carbocycles. The predicted octanol–water partition coefficient (Wildman–Crippen LogP) is 3.43. The highest BCUT2D eigenvalue weighted by Crippen LogP contribution is 2.14. The minimum absolute atomic E-state index is 0.335. The van der Waals surface area contributed by atoms with Crippen molar-refractivity contribution in [1.82, 2.24) is 15.8 Å². The Morgan fingerprint density at radius 1 is 0.962 bits per heavy atom. The number of halogens is 1. The van der Waals surface area contributed by atoms with Crippen LogP contribution in [0.1, 0.15) is 26.4 Å². The minimum atomic E-state index is -0.438. The molecule has 3 N–H and O–H groups in total. The van der Waals surface area contributed by atoms with Gasteiger partial charge in [-0.05, 0) is 51.8 Å². The summed E-state index contributed by atoms with van der Waals surface area (Å²) in [6.45, 7) is 0.453. The number of hydrazine groups is 1. The highest BCUT2D eigenvalue weighted by molar-refractivity contribution is 9.10. The fraction of sp³-hybridized carbons (Fsp3) is 0.0526. The minimum Gasteiger partial charge on any atom is -0.489 e. The van der Waals surface area contributed by atoms with Crippen molar-refractivity contribution in [3.05, 3.63) is 88.2 Å². The summed E-state index contributed by atoms with van der Waals surface area (Å²) >= 11 is 3.24. The zero-order valence-corrected chi connectivity index (χ0v) is 15.2. The molecule has 0 aliphatic heterocycles. The van der Waals surface area contributed by atoms with Crippen LogP contribution in [0.15, 0.2) is 71.3 Å². The van der Waals surface area contributed by atoms with Crippen LogP contribution in [-0.2, 0) is 6.61 Å². The van der Waals surface area contributed by atoms with E-state index in [1.807, 2.05) is 30.3 Å². The van der Waals surface area contributed by atoms with Gasteiger partial charge < -0.3 is 9.72 Å². The van der Waals surface area contributed by atoms with Gasteiger partial charge in [0.2, 0.25) is 0 Å². The number of carbonyl (C=O) groups excluding carboxylic acids is 2.